The Hall–Kier alpha value is -2.86. The molecule has 2 aliphatic carbocycles. The molecule has 3 aromatic rings. The molecular weight excluding hydrogens is 384 g/mol. The SMILES string of the molecule is [2H]C1=C([2H])C2Cc3c([2H])c([2H])c([2H])c([2H])c3Cc3c([2H])c([2H])c(C(C)(C)C)c([2H])c3Cc3c([2H])c([2H])c([2H])c([2H])c3CC2C([2H])=C1[2H]. The van der Waals surface area contributed by atoms with E-state index in [4.69, 9.17) is 19.2 Å². The minimum atomic E-state index is -1.05. The van der Waals surface area contributed by atoms with Crippen molar-refractivity contribution in [2.24, 2.45) is 11.8 Å². The van der Waals surface area contributed by atoms with Crippen LogP contribution >= 0.6 is 0 Å². The molecule has 0 radical (unpaired) electrons. The van der Waals surface area contributed by atoms with Gasteiger partial charge in [-0.25, -0.2) is 0 Å². The van der Waals surface area contributed by atoms with Gasteiger partial charge in [0.05, 0.1) is 20.6 Å². The summed E-state index contributed by atoms with van der Waals surface area (Å²) in [6.07, 6.45) is -1.07. The molecule has 32 heavy (non-hydrogen) atoms. The molecule has 0 heterocycles. The average molecular weight is 434 g/mol. The van der Waals surface area contributed by atoms with Gasteiger partial charge in [-0.1, -0.05) is 111 Å². The van der Waals surface area contributed by atoms with Gasteiger partial charge in [0.25, 0.3) is 0 Å². The monoisotopic (exact) mass is 433 g/mol. The van der Waals surface area contributed by atoms with Crippen LogP contribution in [-0.2, 0) is 31.1 Å². The standard InChI is InChI=1S/C32H34/c1-32(2,3)31-17-16-29-20-27-14-7-6-12-25(27)18-23-10-4-5-11-24(23)19-26-13-8-9-15-28(26)21-30(29)22-31/h4-17,22-24H,18-21H2,1-3H3/i4D,5D,6D,7D,8D,9D,10D,11D,12D,13D,14D,15D,16D,17D,22D. The first-order valence-corrected chi connectivity index (χ1v) is 10.8. The smallest absolute Gasteiger partial charge is 0.0629 e. The van der Waals surface area contributed by atoms with Crippen LogP contribution in [0.25, 0.3) is 0 Å². The first kappa shape index (κ1) is 9.96. The van der Waals surface area contributed by atoms with Gasteiger partial charge in [-0.3, -0.25) is 0 Å². The Morgan fingerprint density at radius 3 is 1.62 bits per heavy atom. The highest BCUT2D eigenvalue weighted by molar-refractivity contribution is 5.44. The lowest BCUT2D eigenvalue weighted by molar-refractivity contribution is 0.462. The molecule has 162 valence electrons. The summed E-state index contributed by atoms with van der Waals surface area (Å²) < 4.78 is 131. The van der Waals surface area contributed by atoms with Crippen molar-refractivity contribution in [3.05, 3.63) is 130 Å². The third kappa shape index (κ3) is 4.37. The van der Waals surface area contributed by atoms with Crippen LogP contribution in [0.3, 0.4) is 0 Å². The molecule has 0 heteroatoms. The summed E-state index contributed by atoms with van der Waals surface area (Å²) in [5.74, 6) is -2.10. The van der Waals surface area contributed by atoms with Gasteiger partial charge < -0.3 is 0 Å². The maximum atomic E-state index is 9.32. The zero-order valence-electron chi connectivity index (χ0n) is 33.5. The molecule has 0 nitrogen and oxygen atoms in total. The minimum Gasteiger partial charge on any atom is -0.0805 e. The quantitative estimate of drug-likeness (QED) is 0.342. The molecule has 3 aromatic carbocycles. The Bertz CT molecular complexity index is 1930. The number of hydrogen-bond acceptors (Lipinski definition) is 0. The molecular formula is C32H34. The van der Waals surface area contributed by atoms with Gasteiger partial charge in [0.15, 0.2) is 0 Å². The van der Waals surface area contributed by atoms with E-state index in [0.29, 0.717) is 0 Å². The lowest BCUT2D eigenvalue weighted by atomic mass is 9.77. The van der Waals surface area contributed by atoms with Crippen molar-refractivity contribution in [1.82, 2.24) is 0 Å². The molecule has 0 bridgehead atoms. The average Bonchev–Trinajstić information content (AvgIpc) is 3.00. The van der Waals surface area contributed by atoms with Crippen molar-refractivity contribution in [2.45, 2.75) is 51.9 Å². The highest BCUT2D eigenvalue weighted by Crippen LogP contribution is 2.33. The van der Waals surface area contributed by atoms with Crippen LogP contribution in [0, 0.1) is 11.8 Å². The van der Waals surface area contributed by atoms with Gasteiger partial charge in [0, 0.05) is 0 Å². The number of benzene rings is 3. The lowest BCUT2D eigenvalue weighted by Gasteiger charge is -2.28. The van der Waals surface area contributed by atoms with Crippen LogP contribution < -0.4 is 0 Å². The van der Waals surface area contributed by atoms with Crippen molar-refractivity contribution >= 4 is 0 Å². The Morgan fingerprint density at radius 1 is 0.625 bits per heavy atom. The molecule has 0 spiro atoms. The Kier molecular flexibility index (Phi) is 2.67. The highest BCUT2D eigenvalue weighted by atomic mass is 14.3. The Labute approximate surface area is 214 Å². The van der Waals surface area contributed by atoms with Gasteiger partial charge in [0.1, 0.15) is 0 Å². The molecule has 2 atom stereocenters. The predicted molar refractivity (Wildman–Crippen MR) is 136 cm³/mol. The van der Waals surface area contributed by atoms with Crippen LogP contribution in [0.15, 0.2) is 90.7 Å². The maximum absolute atomic E-state index is 9.32. The van der Waals surface area contributed by atoms with E-state index in [9.17, 15) is 1.37 Å². The van der Waals surface area contributed by atoms with Crippen LogP contribution in [0.5, 0.6) is 0 Å². The van der Waals surface area contributed by atoms with Gasteiger partial charge in [0.2, 0.25) is 0 Å². The van der Waals surface area contributed by atoms with Crippen LogP contribution in [-0.4, -0.2) is 0 Å². The van der Waals surface area contributed by atoms with Crippen molar-refractivity contribution in [3.63, 3.8) is 0 Å². The number of fused-ring (bicyclic) bond motifs is 4. The third-order valence-corrected chi connectivity index (χ3v) is 6.05. The van der Waals surface area contributed by atoms with Crippen LogP contribution in [0.2, 0.25) is 0 Å². The second-order valence-electron chi connectivity index (χ2n) is 9.38. The van der Waals surface area contributed by atoms with E-state index >= 15 is 0 Å². The molecule has 2 aliphatic rings. The Balaban J connectivity index is 1.98. The molecule has 5 rings (SSSR count). The van der Waals surface area contributed by atoms with E-state index in [2.05, 4.69) is 0 Å². The van der Waals surface area contributed by atoms with E-state index in [1.165, 1.54) is 0 Å². The largest absolute Gasteiger partial charge is 0.0805 e. The first-order chi connectivity index (χ1) is 21.7. The molecule has 0 aromatic heterocycles. The van der Waals surface area contributed by atoms with Crippen molar-refractivity contribution in [1.29, 1.82) is 0 Å². The summed E-state index contributed by atoms with van der Waals surface area (Å²) in [5, 5.41) is 0. The Morgan fingerprint density at radius 2 is 1.09 bits per heavy atom. The summed E-state index contributed by atoms with van der Waals surface area (Å²) in [6.45, 7) is 5.38. The molecule has 0 amide bonds. The second-order valence-corrected chi connectivity index (χ2v) is 9.38. The van der Waals surface area contributed by atoms with E-state index in [1.54, 1.807) is 20.8 Å². The fraction of sp³-hybridized carbons (Fsp3) is 0.312. The van der Waals surface area contributed by atoms with Crippen LogP contribution in [0.1, 0.15) is 80.3 Å². The maximum Gasteiger partial charge on any atom is 0.0629 e. The molecule has 0 N–H and O–H groups in total. The van der Waals surface area contributed by atoms with Crippen molar-refractivity contribution in [3.8, 4) is 0 Å². The van der Waals surface area contributed by atoms with E-state index in [1.807, 2.05) is 0 Å². The van der Waals surface area contributed by atoms with E-state index in [-0.39, 0.29) is 101 Å². The zero-order chi connectivity index (χ0) is 35.2. The minimum absolute atomic E-state index is 0.0779. The fourth-order valence-electron chi connectivity index (χ4n) is 4.17. The number of rotatable bonds is 0. The lowest BCUT2D eigenvalue weighted by Crippen LogP contribution is -2.20. The summed E-state index contributed by atoms with van der Waals surface area (Å²) in [4.78, 5) is 0. The van der Waals surface area contributed by atoms with Crippen molar-refractivity contribution < 1.29 is 20.6 Å². The number of allylic oxidation sites excluding steroid dienone is 4. The zero-order valence-corrected chi connectivity index (χ0v) is 18.5. The summed E-state index contributed by atoms with van der Waals surface area (Å²) in [6, 6.07) is -5.95. The molecule has 0 saturated carbocycles. The van der Waals surface area contributed by atoms with Crippen molar-refractivity contribution in [2.75, 3.05) is 0 Å². The predicted octanol–water partition coefficient (Wildman–Crippen LogP) is 7.62. The highest BCUT2D eigenvalue weighted by Gasteiger charge is 2.23. The van der Waals surface area contributed by atoms with Gasteiger partial charge in [-0.05, 0) is 81.9 Å². The van der Waals surface area contributed by atoms with Gasteiger partial charge >= 0.3 is 0 Å². The summed E-state index contributed by atoms with van der Waals surface area (Å²) in [7, 11) is 0. The van der Waals surface area contributed by atoms with Gasteiger partial charge in [-0.15, -0.1) is 0 Å². The fourth-order valence-corrected chi connectivity index (χ4v) is 4.17. The first-order valence-electron chi connectivity index (χ1n) is 18.3. The summed E-state index contributed by atoms with van der Waals surface area (Å²) in [5.41, 5.74) is 0.166. The van der Waals surface area contributed by atoms with Gasteiger partial charge in [-0.2, -0.15) is 0 Å². The molecule has 0 aliphatic heterocycles. The van der Waals surface area contributed by atoms with Crippen LogP contribution in [0.4, 0.5) is 0 Å². The van der Waals surface area contributed by atoms with E-state index < -0.39 is 71.7 Å². The second kappa shape index (κ2) is 8.58. The molecule has 2 unspecified atom stereocenters. The molecule has 0 saturated heterocycles. The molecule has 0 fully saturated rings. The third-order valence-electron chi connectivity index (χ3n) is 6.05. The number of hydrogen-bond donors (Lipinski definition) is 0. The summed E-state index contributed by atoms with van der Waals surface area (Å²) >= 11 is 0. The van der Waals surface area contributed by atoms with E-state index in [0.717, 1.165) is 0 Å². The normalized spacial score (nSPS) is 28.0. The topological polar surface area (TPSA) is 0 Å².